The normalized spacial score (nSPS) is 9.75. The van der Waals surface area contributed by atoms with E-state index in [1.54, 1.807) is 0 Å². The van der Waals surface area contributed by atoms with Crippen LogP contribution in [0.3, 0.4) is 0 Å². The number of carboxylic acids is 1. The zero-order valence-corrected chi connectivity index (χ0v) is 6.52. The maximum absolute atomic E-state index is 10.8. The highest BCUT2D eigenvalue weighted by atomic mass is 16.4. The van der Waals surface area contributed by atoms with Crippen molar-refractivity contribution >= 4 is 5.97 Å². The van der Waals surface area contributed by atoms with E-state index < -0.39 is 5.97 Å². The van der Waals surface area contributed by atoms with Crippen LogP contribution in [-0.2, 0) is 18.3 Å². The Balaban J connectivity index is 2.97. The third-order valence-corrected chi connectivity index (χ3v) is 1.35. The second-order valence-corrected chi connectivity index (χ2v) is 2.36. The Morgan fingerprint density at radius 3 is 2.83 bits per heavy atom. The van der Waals surface area contributed by atoms with Gasteiger partial charge in [0.1, 0.15) is 0 Å². The van der Waals surface area contributed by atoms with E-state index in [1.165, 1.54) is 19.2 Å². The number of carbonyl (C=O) groups is 1. The second kappa shape index (κ2) is 3.17. The minimum absolute atomic E-state index is 0.159. The van der Waals surface area contributed by atoms with Crippen molar-refractivity contribution in [3.63, 3.8) is 0 Å². The van der Waals surface area contributed by atoms with Crippen molar-refractivity contribution in [3.05, 3.63) is 28.2 Å². The molecule has 1 aromatic heterocycles. The SMILES string of the molecule is Cn1nc(CC(=O)O)ccc1=O. The van der Waals surface area contributed by atoms with Crippen LogP contribution in [0.15, 0.2) is 16.9 Å². The van der Waals surface area contributed by atoms with Gasteiger partial charge in [0.25, 0.3) is 5.56 Å². The van der Waals surface area contributed by atoms with E-state index in [9.17, 15) is 9.59 Å². The minimum Gasteiger partial charge on any atom is -0.481 e. The fraction of sp³-hybridized carbons (Fsp3) is 0.286. The van der Waals surface area contributed by atoms with Gasteiger partial charge >= 0.3 is 5.97 Å². The van der Waals surface area contributed by atoms with Crippen molar-refractivity contribution < 1.29 is 9.90 Å². The molecule has 0 unspecified atom stereocenters. The van der Waals surface area contributed by atoms with E-state index >= 15 is 0 Å². The van der Waals surface area contributed by atoms with Gasteiger partial charge in [-0.1, -0.05) is 0 Å². The van der Waals surface area contributed by atoms with Crippen LogP contribution in [-0.4, -0.2) is 20.9 Å². The molecule has 0 spiro atoms. The van der Waals surface area contributed by atoms with Crippen molar-refractivity contribution in [1.29, 1.82) is 0 Å². The molecule has 1 heterocycles. The standard InChI is InChI=1S/C7H8N2O3/c1-9-6(10)3-2-5(8-9)4-7(11)12/h2-3H,4H2,1H3,(H,11,12). The molecule has 0 aliphatic heterocycles. The van der Waals surface area contributed by atoms with Gasteiger partial charge in [-0.25, -0.2) is 4.68 Å². The van der Waals surface area contributed by atoms with Crippen LogP contribution in [0.5, 0.6) is 0 Å². The summed E-state index contributed by atoms with van der Waals surface area (Å²) in [5.74, 6) is -0.957. The van der Waals surface area contributed by atoms with Gasteiger partial charge < -0.3 is 5.11 Å². The molecule has 0 atom stereocenters. The van der Waals surface area contributed by atoms with Crippen molar-refractivity contribution in [3.8, 4) is 0 Å². The molecule has 0 aliphatic carbocycles. The van der Waals surface area contributed by atoms with Gasteiger partial charge in [-0.05, 0) is 6.07 Å². The lowest BCUT2D eigenvalue weighted by Crippen LogP contribution is -2.20. The number of hydrogen-bond acceptors (Lipinski definition) is 3. The maximum atomic E-state index is 10.8. The van der Waals surface area contributed by atoms with Crippen LogP contribution in [0.25, 0.3) is 0 Å². The lowest BCUT2D eigenvalue weighted by molar-refractivity contribution is -0.136. The molecule has 0 amide bonds. The van der Waals surface area contributed by atoms with Gasteiger partial charge in [0.15, 0.2) is 0 Å². The van der Waals surface area contributed by atoms with E-state index in [1.807, 2.05) is 0 Å². The molecule has 5 heteroatoms. The van der Waals surface area contributed by atoms with Crippen molar-refractivity contribution in [2.24, 2.45) is 7.05 Å². The molecule has 64 valence electrons. The van der Waals surface area contributed by atoms with E-state index in [-0.39, 0.29) is 12.0 Å². The lowest BCUT2D eigenvalue weighted by atomic mass is 10.3. The molecule has 0 aromatic carbocycles. The lowest BCUT2D eigenvalue weighted by Gasteiger charge is -1.97. The summed E-state index contributed by atoms with van der Waals surface area (Å²) < 4.78 is 1.11. The van der Waals surface area contributed by atoms with Crippen LogP contribution in [0.1, 0.15) is 5.69 Å². The average molecular weight is 168 g/mol. The Hall–Kier alpha value is -1.65. The summed E-state index contributed by atoms with van der Waals surface area (Å²) >= 11 is 0. The van der Waals surface area contributed by atoms with Gasteiger partial charge in [-0.3, -0.25) is 9.59 Å². The molecule has 0 aliphatic rings. The number of nitrogens with zero attached hydrogens (tertiary/aromatic N) is 2. The summed E-state index contributed by atoms with van der Waals surface area (Å²) in [5, 5.41) is 12.1. The van der Waals surface area contributed by atoms with Crippen LogP contribution in [0, 0.1) is 0 Å². The Bertz CT molecular complexity index is 356. The number of rotatable bonds is 2. The predicted molar refractivity (Wildman–Crippen MR) is 40.8 cm³/mol. The summed E-state index contributed by atoms with van der Waals surface area (Å²) in [5.41, 5.74) is 0.133. The molecule has 1 N–H and O–H groups in total. The number of carboxylic acid groups (broad SMARTS) is 1. The predicted octanol–water partition coefficient (Wildman–Crippen LogP) is -0.593. The minimum atomic E-state index is -0.957. The zero-order chi connectivity index (χ0) is 9.14. The first kappa shape index (κ1) is 8.45. The third kappa shape index (κ3) is 1.91. The summed E-state index contributed by atoms with van der Waals surface area (Å²) in [6.45, 7) is 0. The fourth-order valence-electron chi connectivity index (χ4n) is 0.800. The molecule has 0 saturated carbocycles. The number of aryl methyl sites for hydroxylation is 1. The van der Waals surface area contributed by atoms with Gasteiger partial charge in [-0.15, -0.1) is 0 Å². The van der Waals surface area contributed by atoms with Crippen molar-refractivity contribution in [2.75, 3.05) is 0 Å². The number of aromatic nitrogens is 2. The highest BCUT2D eigenvalue weighted by Gasteiger charge is 2.02. The van der Waals surface area contributed by atoms with Gasteiger partial charge in [0, 0.05) is 13.1 Å². The Kier molecular flexibility index (Phi) is 2.23. The summed E-state index contributed by atoms with van der Waals surface area (Å²) in [4.78, 5) is 21.0. The third-order valence-electron chi connectivity index (χ3n) is 1.35. The van der Waals surface area contributed by atoms with Crippen molar-refractivity contribution in [1.82, 2.24) is 9.78 Å². The first-order valence-electron chi connectivity index (χ1n) is 3.34. The second-order valence-electron chi connectivity index (χ2n) is 2.36. The Labute approximate surface area is 68.3 Å². The maximum Gasteiger partial charge on any atom is 0.309 e. The van der Waals surface area contributed by atoms with Crippen molar-refractivity contribution in [2.45, 2.75) is 6.42 Å². The molecule has 5 nitrogen and oxygen atoms in total. The fourth-order valence-corrected chi connectivity index (χ4v) is 0.800. The Morgan fingerprint density at radius 2 is 2.33 bits per heavy atom. The molecular formula is C7H8N2O3. The number of hydrogen-bond donors (Lipinski definition) is 1. The smallest absolute Gasteiger partial charge is 0.309 e. The quantitative estimate of drug-likeness (QED) is 0.640. The highest BCUT2D eigenvalue weighted by molar-refractivity contribution is 5.69. The Morgan fingerprint density at radius 1 is 1.67 bits per heavy atom. The molecule has 0 bridgehead atoms. The van der Waals surface area contributed by atoms with Gasteiger partial charge in [0.05, 0.1) is 12.1 Å². The first-order chi connectivity index (χ1) is 5.59. The van der Waals surface area contributed by atoms with E-state index in [4.69, 9.17) is 5.11 Å². The van der Waals surface area contributed by atoms with E-state index in [2.05, 4.69) is 5.10 Å². The van der Waals surface area contributed by atoms with Crippen LogP contribution in [0.4, 0.5) is 0 Å². The van der Waals surface area contributed by atoms with Crippen LogP contribution >= 0.6 is 0 Å². The summed E-state index contributed by atoms with van der Waals surface area (Å²) in [6.07, 6.45) is -0.159. The van der Waals surface area contributed by atoms with Gasteiger partial charge in [-0.2, -0.15) is 5.10 Å². The number of aliphatic carboxylic acids is 1. The zero-order valence-electron chi connectivity index (χ0n) is 6.52. The highest BCUT2D eigenvalue weighted by Crippen LogP contribution is 1.90. The largest absolute Gasteiger partial charge is 0.481 e. The molecule has 0 radical (unpaired) electrons. The molecule has 12 heavy (non-hydrogen) atoms. The van der Waals surface area contributed by atoms with Gasteiger partial charge in [0.2, 0.25) is 0 Å². The average Bonchev–Trinajstić information content (AvgIpc) is 1.96. The summed E-state index contributed by atoms with van der Waals surface area (Å²) in [7, 11) is 1.48. The molecular weight excluding hydrogens is 160 g/mol. The van der Waals surface area contributed by atoms with E-state index in [0.29, 0.717) is 5.69 Å². The monoisotopic (exact) mass is 168 g/mol. The van der Waals surface area contributed by atoms with Crippen LogP contribution < -0.4 is 5.56 Å². The molecule has 1 rings (SSSR count). The topological polar surface area (TPSA) is 72.2 Å². The molecule has 0 saturated heterocycles. The van der Waals surface area contributed by atoms with Crippen LogP contribution in [0.2, 0.25) is 0 Å². The molecule has 0 fully saturated rings. The van der Waals surface area contributed by atoms with E-state index in [0.717, 1.165) is 4.68 Å². The first-order valence-corrected chi connectivity index (χ1v) is 3.34. The summed E-state index contributed by atoms with van der Waals surface area (Å²) in [6, 6.07) is 2.71. The molecule has 1 aromatic rings.